The average molecular weight is 247 g/mol. The number of hydrogen-bond acceptors (Lipinski definition) is 8. The van der Waals surface area contributed by atoms with Crippen molar-refractivity contribution in [2.45, 2.75) is 13.3 Å². The third-order valence-electron chi connectivity index (χ3n) is 1.86. The topological polar surface area (TPSA) is 125 Å². The quantitative estimate of drug-likeness (QED) is 0.701. The fourth-order valence-electron chi connectivity index (χ4n) is 1.13. The highest BCUT2D eigenvalue weighted by Gasteiger charge is 2.12. The van der Waals surface area contributed by atoms with Crippen LogP contribution in [0.3, 0.4) is 0 Å². The van der Waals surface area contributed by atoms with E-state index in [0.717, 1.165) is 6.42 Å². The summed E-state index contributed by atoms with van der Waals surface area (Å²) in [6, 6.07) is 3.95. The molecule has 1 aromatic heterocycles. The van der Waals surface area contributed by atoms with Gasteiger partial charge in [0.1, 0.15) is 13.1 Å². The largest absolute Gasteiger partial charge is 0.463 e. The number of nitriles is 2. The van der Waals surface area contributed by atoms with Crippen LogP contribution in [0.1, 0.15) is 13.3 Å². The molecule has 1 heterocycles. The predicted octanol–water partition coefficient (Wildman–Crippen LogP) is 0.0962. The van der Waals surface area contributed by atoms with Crippen LogP contribution in [0.2, 0.25) is 0 Å². The SMILES string of the molecule is CCCOc1nc(N)nc(N(CC#N)CC#N)n1. The molecule has 0 aliphatic carbocycles. The maximum absolute atomic E-state index is 8.67. The van der Waals surface area contributed by atoms with Crippen LogP contribution in [0.25, 0.3) is 0 Å². The molecule has 0 amide bonds. The van der Waals surface area contributed by atoms with Gasteiger partial charge in [-0.15, -0.1) is 0 Å². The smallest absolute Gasteiger partial charge is 0.323 e. The van der Waals surface area contributed by atoms with Crippen LogP contribution in [-0.2, 0) is 0 Å². The normalized spacial score (nSPS) is 9.28. The van der Waals surface area contributed by atoms with Gasteiger partial charge in [-0.05, 0) is 6.42 Å². The lowest BCUT2D eigenvalue weighted by Crippen LogP contribution is -2.26. The highest BCUT2D eigenvalue weighted by atomic mass is 16.5. The summed E-state index contributed by atoms with van der Waals surface area (Å²) in [6.45, 7) is 2.39. The number of anilines is 2. The molecule has 18 heavy (non-hydrogen) atoms. The van der Waals surface area contributed by atoms with E-state index in [2.05, 4.69) is 15.0 Å². The molecule has 0 aromatic carbocycles. The zero-order chi connectivity index (χ0) is 13.4. The van der Waals surface area contributed by atoms with Gasteiger partial charge < -0.3 is 15.4 Å². The Morgan fingerprint density at radius 3 is 2.44 bits per heavy atom. The Hall–Kier alpha value is -2.61. The van der Waals surface area contributed by atoms with Crippen molar-refractivity contribution in [2.75, 3.05) is 30.3 Å². The number of aromatic nitrogens is 3. The molecule has 0 fully saturated rings. The van der Waals surface area contributed by atoms with Gasteiger partial charge in [-0.25, -0.2) is 0 Å². The lowest BCUT2D eigenvalue weighted by Gasteiger charge is -2.16. The van der Waals surface area contributed by atoms with E-state index >= 15 is 0 Å². The van der Waals surface area contributed by atoms with Crippen molar-refractivity contribution < 1.29 is 4.74 Å². The van der Waals surface area contributed by atoms with Gasteiger partial charge in [0.15, 0.2) is 0 Å². The van der Waals surface area contributed by atoms with E-state index in [1.165, 1.54) is 4.90 Å². The Morgan fingerprint density at radius 2 is 1.89 bits per heavy atom. The van der Waals surface area contributed by atoms with E-state index in [0.29, 0.717) is 6.61 Å². The second-order valence-corrected chi connectivity index (χ2v) is 3.30. The number of nitrogen functional groups attached to an aromatic ring is 1. The molecule has 0 aliphatic heterocycles. The molecule has 0 radical (unpaired) electrons. The van der Waals surface area contributed by atoms with Gasteiger partial charge in [-0.1, -0.05) is 6.92 Å². The van der Waals surface area contributed by atoms with E-state index in [9.17, 15) is 0 Å². The zero-order valence-electron chi connectivity index (χ0n) is 10.00. The summed E-state index contributed by atoms with van der Waals surface area (Å²) in [5, 5.41) is 17.3. The van der Waals surface area contributed by atoms with E-state index in [1.54, 1.807) is 0 Å². The van der Waals surface area contributed by atoms with Gasteiger partial charge in [-0.2, -0.15) is 25.5 Å². The van der Waals surface area contributed by atoms with Gasteiger partial charge in [-0.3, -0.25) is 0 Å². The molecule has 8 heteroatoms. The van der Waals surface area contributed by atoms with Gasteiger partial charge in [0.2, 0.25) is 11.9 Å². The molecule has 94 valence electrons. The number of ether oxygens (including phenoxy) is 1. The summed E-state index contributed by atoms with van der Waals surface area (Å²) >= 11 is 0. The maximum atomic E-state index is 8.67. The summed E-state index contributed by atoms with van der Waals surface area (Å²) in [4.78, 5) is 13.1. The van der Waals surface area contributed by atoms with Gasteiger partial charge in [0, 0.05) is 0 Å². The molecule has 0 saturated carbocycles. The van der Waals surface area contributed by atoms with Crippen molar-refractivity contribution in [1.29, 1.82) is 10.5 Å². The van der Waals surface area contributed by atoms with Crippen molar-refractivity contribution >= 4 is 11.9 Å². The number of rotatable bonds is 6. The molecule has 1 rings (SSSR count). The summed E-state index contributed by atoms with van der Waals surface area (Å²) in [5.74, 6) is 0.156. The van der Waals surface area contributed by atoms with Gasteiger partial charge >= 0.3 is 6.01 Å². The van der Waals surface area contributed by atoms with Crippen LogP contribution in [0.4, 0.5) is 11.9 Å². The van der Waals surface area contributed by atoms with Crippen molar-refractivity contribution in [3.05, 3.63) is 0 Å². The third-order valence-corrected chi connectivity index (χ3v) is 1.86. The molecule has 8 nitrogen and oxygen atoms in total. The Morgan fingerprint density at radius 1 is 1.22 bits per heavy atom. The molecule has 0 atom stereocenters. The number of nitrogens with two attached hydrogens (primary N) is 1. The molecule has 0 aliphatic rings. The van der Waals surface area contributed by atoms with Crippen molar-refractivity contribution in [3.8, 4) is 18.1 Å². The second-order valence-electron chi connectivity index (χ2n) is 3.30. The molecule has 0 spiro atoms. The molecule has 0 unspecified atom stereocenters. The fourth-order valence-corrected chi connectivity index (χ4v) is 1.13. The van der Waals surface area contributed by atoms with Crippen LogP contribution in [0, 0.1) is 22.7 Å². The first-order chi connectivity index (χ1) is 8.71. The average Bonchev–Trinajstić information content (AvgIpc) is 2.35. The van der Waals surface area contributed by atoms with Crippen molar-refractivity contribution in [1.82, 2.24) is 15.0 Å². The second kappa shape index (κ2) is 6.86. The Labute approximate surface area is 105 Å². The monoisotopic (exact) mass is 247 g/mol. The lowest BCUT2D eigenvalue weighted by molar-refractivity contribution is 0.292. The Balaban J connectivity index is 2.96. The molecule has 2 N–H and O–H groups in total. The van der Waals surface area contributed by atoms with Crippen LogP contribution in [0.15, 0.2) is 0 Å². The van der Waals surface area contributed by atoms with Crippen LogP contribution < -0.4 is 15.4 Å². The van der Waals surface area contributed by atoms with E-state index in [4.69, 9.17) is 21.0 Å². The van der Waals surface area contributed by atoms with Crippen LogP contribution in [0.5, 0.6) is 6.01 Å². The summed E-state index contributed by atoms with van der Waals surface area (Å²) < 4.78 is 5.25. The van der Waals surface area contributed by atoms with Crippen LogP contribution in [-0.4, -0.2) is 34.6 Å². The molecule has 0 bridgehead atoms. The van der Waals surface area contributed by atoms with Gasteiger partial charge in [0.25, 0.3) is 0 Å². The summed E-state index contributed by atoms with van der Waals surface area (Å²) in [6.07, 6.45) is 0.807. The molecular weight excluding hydrogens is 234 g/mol. The predicted molar refractivity (Wildman–Crippen MR) is 63.5 cm³/mol. The first kappa shape index (κ1) is 13.5. The highest BCUT2D eigenvalue weighted by Crippen LogP contribution is 2.13. The van der Waals surface area contributed by atoms with Crippen molar-refractivity contribution in [2.24, 2.45) is 0 Å². The van der Waals surface area contributed by atoms with Crippen LogP contribution >= 0.6 is 0 Å². The minimum Gasteiger partial charge on any atom is -0.463 e. The molecule has 1 aromatic rings. The Kier molecular flexibility index (Phi) is 5.13. The number of nitrogens with zero attached hydrogens (tertiary/aromatic N) is 6. The van der Waals surface area contributed by atoms with E-state index in [1.807, 2.05) is 19.1 Å². The summed E-state index contributed by atoms with van der Waals surface area (Å²) in [5.41, 5.74) is 5.53. The Bertz CT molecular complexity index is 460. The minimum atomic E-state index is -0.00969. The number of hydrogen-bond donors (Lipinski definition) is 1. The first-order valence-electron chi connectivity index (χ1n) is 5.34. The molecule has 0 saturated heterocycles. The lowest BCUT2D eigenvalue weighted by atomic mass is 10.5. The fraction of sp³-hybridized carbons (Fsp3) is 0.500. The maximum Gasteiger partial charge on any atom is 0.323 e. The van der Waals surface area contributed by atoms with Crippen molar-refractivity contribution in [3.63, 3.8) is 0 Å². The third kappa shape index (κ3) is 3.76. The first-order valence-corrected chi connectivity index (χ1v) is 5.34. The molecular formula is C10H13N7O. The van der Waals surface area contributed by atoms with E-state index in [-0.39, 0.29) is 31.0 Å². The van der Waals surface area contributed by atoms with Gasteiger partial charge in [0.05, 0.1) is 18.7 Å². The zero-order valence-corrected chi connectivity index (χ0v) is 10.00. The standard InChI is InChI=1S/C10H13N7O/c1-2-7-18-10-15-8(13)14-9(16-10)17(5-3-11)6-4-12/h2,5-7H2,1H3,(H2,13,14,15,16). The summed E-state index contributed by atoms with van der Waals surface area (Å²) in [7, 11) is 0. The van der Waals surface area contributed by atoms with E-state index < -0.39 is 0 Å². The highest BCUT2D eigenvalue weighted by molar-refractivity contribution is 5.38. The minimum absolute atomic E-state index is 0.00742.